The fourth-order valence-corrected chi connectivity index (χ4v) is 5.88. The Hall–Kier alpha value is -2.98. The lowest BCUT2D eigenvalue weighted by molar-refractivity contribution is -0.123. The monoisotopic (exact) mass is 474 g/mol. The molecule has 2 amide bonds. The summed E-state index contributed by atoms with van der Waals surface area (Å²) in [4.78, 5) is 28.3. The Balaban J connectivity index is 1.49. The molecule has 0 spiro atoms. The minimum Gasteiger partial charge on any atom is -0.369 e. The molecule has 33 heavy (non-hydrogen) atoms. The Morgan fingerprint density at radius 1 is 0.939 bits per heavy atom. The minimum absolute atomic E-state index is 0.0382. The molecule has 2 N–H and O–H groups in total. The van der Waals surface area contributed by atoms with Crippen molar-refractivity contribution in [1.29, 1.82) is 0 Å². The lowest BCUT2D eigenvalue weighted by Crippen LogP contribution is -2.50. The van der Waals surface area contributed by atoms with Crippen LogP contribution in [0, 0.1) is 5.82 Å². The smallest absolute Gasteiger partial charge is 0.254 e. The normalized spacial score (nSPS) is 20.0. The summed E-state index contributed by atoms with van der Waals surface area (Å²) in [6.45, 7) is 1.89. The first-order valence-corrected chi connectivity index (χ1v) is 12.4. The number of likely N-dealkylation sites (tertiary alicyclic amines) is 1. The van der Waals surface area contributed by atoms with E-state index in [1.807, 2.05) is 4.90 Å². The standard InChI is InChI=1S/C23H27FN4O4S/c24-18-7-9-19(10-8-18)26-12-14-27(15-13-26)33(31,32)20-5-3-4-17(16-20)23(30)28-11-2-1-6-21(28)22(25)29/h3-5,7-10,16,21H,1-2,6,11-15H2,(H2,25,29)/t21-/m0/s1. The summed E-state index contributed by atoms with van der Waals surface area (Å²) in [6.07, 6.45) is 2.10. The number of halogens is 1. The van der Waals surface area contributed by atoms with Crippen LogP contribution in [-0.4, -0.2) is 68.2 Å². The molecule has 2 saturated heterocycles. The van der Waals surface area contributed by atoms with Gasteiger partial charge in [0.2, 0.25) is 15.9 Å². The summed E-state index contributed by atoms with van der Waals surface area (Å²) >= 11 is 0. The van der Waals surface area contributed by atoms with Crippen molar-refractivity contribution >= 4 is 27.5 Å². The minimum atomic E-state index is -3.81. The Kier molecular flexibility index (Phi) is 6.66. The summed E-state index contributed by atoms with van der Waals surface area (Å²) in [5.41, 5.74) is 6.53. The van der Waals surface area contributed by atoms with Gasteiger partial charge in [-0.2, -0.15) is 4.31 Å². The quantitative estimate of drug-likeness (QED) is 0.712. The predicted molar refractivity (Wildman–Crippen MR) is 122 cm³/mol. The lowest BCUT2D eigenvalue weighted by Gasteiger charge is -2.35. The number of sulfonamides is 1. The van der Waals surface area contributed by atoms with E-state index in [-0.39, 0.29) is 29.4 Å². The van der Waals surface area contributed by atoms with Crippen molar-refractivity contribution in [2.45, 2.75) is 30.2 Å². The molecule has 2 fully saturated rings. The highest BCUT2D eigenvalue weighted by Gasteiger charge is 2.33. The first-order chi connectivity index (χ1) is 15.8. The third kappa shape index (κ3) is 4.86. The Labute approximate surface area is 192 Å². The van der Waals surface area contributed by atoms with Gasteiger partial charge in [0, 0.05) is 44.0 Å². The van der Waals surface area contributed by atoms with E-state index in [0.29, 0.717) is 26.1 Å². The van der Waals surface area contributed by atoms with Crippen LogP contribution < -0.4 is 10.6 Å². The van der Waals surface area contributed by atoms with Crippen LogP contribution >= 0.6 is 0 Å². The topological polar surface area (TPSA) is 104 Å². The number of anilines is 1. The van der Waals surface area contributed by atoms with Crippen LogP contribution in [0.2, 0.25) is 0 Å². The van der Waals surface area contributed by atoms with E-state index in [1.165, 1.54) is 39.5 Å². The molecule has 176 valence electrons. The number of amides is 2. The van der Waals surface area contributed by atoms with E-state index in [0.717, 1.165) is 18.5 Å². The van der Waals surface area contributed by atoms with E-state index in [9.17, 15) is 22.4 Å². The largest absolute Gasteiger partial charge is 0.369 e. The van der Waals surface area contributed by atoms with E-state index in [2.05, 4.69) is 0 Å². The number of benzene rings is 2. The number of carbonyl (C=O) groups excluding carboxylic acids is 2. The van der Waals surface area contributed by atoms with Crippen LogP contribution in [0.25, 0.3) is 0 Å². The van der Waals surface area contributed by atoms with Gasteiger partial charge in [-0.1, -0.05) is 6.07 Å². The molecule has 4 rings (SSSR count). The van der Waals surface area contributed by atoms with Gasteiger partial charge in [-0.3, -0.25) is 9.59 Å². The first kappa shape index (κ1) is 23.2. The molecular formula is C23H27FN4O4S. The zero-order valence-corrected chi connectivity index (χ0v) is 19.0. The second-order valence-corrected chi connectivity index (χ2v) is 10.2. The number of carbonyl (C=O) groups is 2. The van der Waals surface area contributed by atoms with Gasteiger partial charge in [0.1, 0.15) is 11.9 Å². The molecule has 2 aromatic rings. The van der Waals surface area contributed by atoms with Gasteiger partial charge in [-0.15, -0.1) is 0 Å². The molecule has 0 radical (unpaired) electrons. The lowest BCUT2D eigenvalue weighted by atomic mass is 10.0. The molecule has 0 aliphatic carbocycles. The maximum Gasteiger partial charge on any atom is 0.254 e. The zero-order chi connectivity index (χ0) is 23.6. The van der Waals surface area contributed by atoms with Crippen molar-refractivity contribution in [3.05, 3.63) is 59.9 Å². The van der Waals surface area contributed by atoms with Crippen LogP contribution in [0.4, 0.5) is 10.1 Å². The van der Waals surface area contributed by atoms with E-state index in [4.69, 9.17) is 5.73 Å². The second kappa shape index (κ2) is 9.48. The van der Waals surface area contributed by atoms with Crippen LogP contribution in [0.3, 0.4) is 0 Å². The SMILES string of the molecule is NC(=O)[C@@H]1CCCCN1C(=O)c1cccc(S(=O)(=O)N2CCN(c3ccc(F)cc3)CC2)c1. The van der Waals surface area contributed by atoms with Gasteiger partial charge < -0.3 is 15.5 Å². The van der Waals surface area contributed by atoms with Crippen molar-refractivity contribution in [2.24, 2.45) is 5.73 Å². The number of nitrogens with two attached hydrogens (primary N) is 1. The van der Waals surface area contributed by atoms with Gasteiger partial charge in [0.25, 0.3) is 5.91 Å². The molecule has 2 aliphatic heterocycles. The van der Waals surface area contributed by atoms with Gasteiger partial charge >= 0.3 is 0 Å². The van der Waals surface area contributed by atoms with Crippen molar-refractivity contribution in [3.8, 4) is 0 Å². The first-order valence-electron chi connectivity index (χ1n) is 11.0. The van der Waals surface area contributed by atoms with Crippen molar-refractivity contribution < 1.29 is 22.4 Å². The van der Waals surface area contributed by atoms with E-state index >= 15 is 0 Å². The highest BCUT2D eigenvalue weighted by Crippen LogP contribution is 2.24. The summed E-state index contributed by atoms with van der Waals surface area (Å²) in [7, 11) is -3.81. The van der Waals surface area contributed by atoms with Crippen molar-refractivity contribution in [3.63, 3.8) is 0 Å². The van der Waals surface area contributed by atoms with Gasteiger partial charge in [-0.05, 0) is 61.7 Å². The van der Waals surface area contributed by atoms with Crippen LogP contribution in [0.5, 0.6) is 0 Å². The molecule has 2 aliphatic rings. The Morgan fingerprint density at radius 2 is 1.64 bits per heavy atom. The number of rotatable bonds is 5. The predicted octanol–water partition coefficient (Wildman–Crippen LogP) is 1.82. The highest BCUT2D eigenvalue weighted by atomic mass is 32.2. The Morgan fingerprint density at radius 3 is 2.30 bits per heavy atom. The number of hydrogen-bond acceptors (Lipinski definition) is 5. The summed E-state index contributed by atoms with van der Waals surface area (Å²) in [5, 5.41) is 0. The summed E-state index contributed by atoms with van der Waals surface area (Å²) in [5.74, 6) is -1.26. The number of piperazine rings is 1. The van der Waals surface area contributed by atoms with Gasteiger partial charge in [0.05, 0.1) is 4.90 Å². The Bertz CT molecular complexity index is 1130. The second-order valence-electron chi connectivity index (χ2n) is 8.31. The van der Waals surface area contributed by atoms with Crippen molar-refractivity contribution in [2.75, 3.05) is 37.6 Å². The number of hydrogen-bond donors (Lipinski definition) is 1. The average molecular weight is 475 g/mol. The van der Waals surface area contributed by atoms with E-state index in [1.54, 1.807) is 18.2 Å². The fraction of sp³-hybridized carbons (Fsp3) is 0.391. The van der Waals surface area contributed by atoms with Gasteiger partial charge in [0.15, 0.2) is 0 Å². The van der Waals surface area contributed by atoms with Crippen molar-refractivity contribution in [1.82, 2.24) is 9.21 Å². The molecule has 0 unspecified atom stereocenters. The number of primary amides is 1. The fourth-order valence-electron chi connectivity index (χ4n) is 4.41. The maximum atomic E-state index is 13.3. The molecule has 2 heterocycles. The third-order valence-corrected chi connectivity index (χ3v) is 8.14. The average Bonchev–Trinajstić information content (AvgIpc) is 2.84. The molecule has 1 atom stereocenters. The number of piperidine rings is 1. The third-order valence-electron chi connectivity index (χ3n) is 6.24. The zero-order valence-electron chi connectivity index (χ0n) is 18.2. The molecule has 2 aromatic carbocycles. The molecule has 0 bridgehead atoms. The number of nitrogens with zero attached hydrogens (tertiary/aromatic N) is 3. The van der Waals surface area contributed by atoms with Gasteiger partial charge in [-0.25, -0.2) is 12.8 Å². The molecule has 8 nitrogen and oxygen atoms in total. The maximum absolute atomic E-state index is 13.3. The summed E-state index contributed by atoms with van der Waals surface area (Å²) < 4.78 is 41.1. The molecule has 10 heteroatoms. The van der Waals surface area contributed by atoms with Crippen LogP contribution in [-0.2, 0) is 14.8 Å². The summed E-state index contributed by atoms with van der Waals surface area (Å²) in [6, 6.07) is 11.4. The van der Waals surface area contributed by atoms with Crippen LogP contribution in [0.15, 0.2) is 53.4 Å². The van der Waals surface area contributed by atoms with Crippen LogP contribution in [0.1, 0.15) is 29.6 Å². The molecule has 0 aromatic heterocycles. The molecular weight excluding hydrogens is 447 g/mol. The molecule has 0 saturated carbocycles. The van der Waals surface area contributed by atoms with E-state index < -0.39 is 27.9 Å². The highest BCUT2D eigenvalue weighted by molar-refractivity contribution is 7.89.